The van der Waals surface area contributed by atoms with E-state index >= 15 is 0 Å². The fourth-order valence-electron chi connectivity index (χ4n) is 3.98. The van der Waals surface area contributed by atoms with E-state index in [1.807, 2.05) is 0 Å². The summed E-state index contributed by atoms with van der Waals surface area (Å²) >= 11 is 0. The molecule has 0 saturated heterocycles. The van der Waals surface area contributed by atoms with Crippen LogP contribution < -0.4 is 0 Å². The number of unbranched alkanes of at least 4 members (excludes halogenated alkanes) is 17. The summed E-state index contributed by atoms with van der Waals surface area (Å²) in [4.78, 5) is 0. The lowest BCUT2D eigenvalue weighted by atomic mass is 10.0. The molecule has 0 aromatic heterocycles. The molecule has 0 bridgehead atoms. The normalized spacial score (nSPS) is 14.2. The Bertz CT molecular complexity index is 379. The molecule has 0 N–H and O–H groups in total. The zero-order valence-corrected chi connectivity index (χ0v) is 37.7. The van der Waals surface area contributed by atoms with Crippen LogP contribution in [0.5, 0.6) is 0 Å². The minimum atomic E-state index is -0.921. The first-order valence-corrected chi connectivity index (χ1v) is 25.4. The molecule has 8 nitrogen and oxygen atoms in total. The van der Waals surface area contributed by atoms with Crippen molar-refractivity contribution in [3.63, 3.8) is 0 Å². The largest absolute Gasteiger partial charge is 0.449 e. The minimum absolute atomic E-state index is 0.367. The van der Waals surface area contributed by atoms with E-state index in [2.05, 4.69) is 6.92 Å². The van der Waals surface area contributed by atoms with Gasteiger partial charge >= 0.3 is 0 Å². The maximum atomic E-state index is 5.81. The standard InChI is InChI=1S/C20H60O8Si9/c1-2-3-4-5-6-7-8-9-10-11-12-13-14-15-16-17-18-19-20-30-22-32-24-34-26-36-28-37-27-35-25-33-23-31-21-29/h2-20,30-37H2,1,29H3. The molecular weight excluding hydrogens is 621 g/mol. The van der Waals surface area contributed by atoms with Gasteiger partial charge in [0.25, 0.3) is 70.0 Å². The van der Waals surface area contributed by atoms with Crippen molar-refractivity contribution >= 4 is 90.3 Å². The van der Waals surface area contributed by atoms with Crippen LogP contribution >= 0.6 is 0 Å². The summed E-state index contributed by atoms with van der Waals surface area (Å²) < 4.78 is 43.7. The van der Waals surface area contributed by atoms with Crippen LogP contribution in [0.2, 0.25) is 6.04 Å². The molecule has 0 atom stereocenters. The van der Waals surface area contributed by atoms with Crippen molar-refractivity contribution < 1.29 is 32.9 Å². The van der Waals surface area contributed by atoms with Crippen molar-refractivity contribution in [1.29, 1.82) is 0 Å². The molecule has 0 aromatic carbocycles. The van der Waals surface area contributed by atoms with Crippen molar-refractivity contribution in [2.75, 3.05) is 0 Å². The second-order valence-corrected chi connectivity index (χ2v) is 26.1. The van der Waals surface area contributed by atoms with Crippen molar-refractivity contribution in [2.24, 2.45) is 0 Å². The number of hydrogen-bond acceptors (Lipinski definition) is 8. The van der Waals surface area contributed by atoms with Gasteiger partial charge in [-0.15, -0.1) is 0 Å². The molecule has 0 radical (unpaired) electrons. The highest BCUT2D eigenvalue weighted by molar-refractivity contribution is 6.49. The Kier molecular flexibility index (Phi) is 39.3. The summed E-state index contributed by atoms with van der Waals surface area (Å²) in [6.45, 7) is 2.29. The molecular formula is C20H60O8Si9. The second-order valence-electron chi connectivity index (χ2n) is 9.61. The van der Waals surface area contributed by atoms with E-state index in [0.29, 0.717) is 0 Å². The average molecular weight is 681 g/mol. The predicted octanol–water partition coefficient (Wildman–Crippen LogP) is -1.06. The molecule has 0 aliphatic heterocycles. The number of hydrogen-bond donors (Lipinski definition) is 0. The van der Waals surface area contributed by atoms with Crippen LogP contribution in [-0.4, -0.2) is 90.3 Å². The molecule has 0 aromatic rings. The van der Waals surface area contributed by atoms with E-state index < -0.39 is 70.0 Å². The van der Waals surface area contributed by atoms with E-state index in [0.717, 1.165) is 10.5 Å². The summed E-state index contributed by atoms with van der Waals surface area (Å²) in [6.07, 6.45) is 25.8. The Morgan fingerprint density at radius 2 is 0.676 bits per heavy atom. The molecule has 17 heteroatoms. The third-order valence-corrected chi connectivity index (χ3v) is 17.6. The van der Waals surface area contributed by atoms with Gasteiger partial charge in [-0.1, -0.05) is 122 Å². The maximum absolute atomic E-state index is 5.81. The molecule has 0 rings (SSSR count). The van der Waals surface area contributed by atoms with Gasteiger partial charge in [0.05, 0.1) is 0 Å². The topological polar surface area (TPSA) is 73.8 Å². The van der Waals surface area contributed by atoms with Crippen LogP contribution in [0, 0.1) is 0 Å². The van der Waals surface area contributed by atoms with Crippen molar-refractivity contribution in [3.8, 4) is 0 Å². The fraction of sp³-hybridized carbons (Fsp3) is 1.00. The zero-order chi connectivity index (χ0) is 26.7. The van der Waals surface area contributed by atoms with E-state index in [1.54, 1.807) is 0 Å². The van der Waals surface area contributed by atoms with E-state index in [4.69, 9.17) is 32.9 Å². The Hall–Kier alpha value is 1.63. The number of rotatable bonds is 34. The molecule has 0 saturated carbocycles. The molecule has 37 heavy (non-hydrogen) atoms. The summed E-state index contributed by atoms with van der Waals surface area (Å²) in [5.74, 6) is 0. The third kappa shape index (κ3) is 37.6. The predicted molar refractivity (Wildman–Crippen MR) is 181 cm³/mol. The van der Waals surface area contributed by atoms with Gasteiger partial charge in [0.15, 0.2) is 0 Å². The lowest BCUT2D eigenvalue weighted by Gasteiger charge is -2.08. The lowest BCUT2D eigenvalue weighted by Crippen LogP contribution is -2.20. The molecule has 0 amide bonds. The summed E-state index contributed by atoms with van der Waals surface area (Å²) in [5.41, 5.74) is 0. The van der Waals surface area contributed by atoms with Gasteiger partial charge in [0.1, 0.15) is 20.2 Å². The summed E-state index contributed by atoms with van der Waals surface area (Å²) in [6, 6.07) is 1.30. The van der Waals surface area contributed by atoms with E-state index in [1.165, 1.54) is 122 Å². The SMILES string of the molecule is CCCCCCCCCCCCCCCCCCCC[SiH2]O[SiH2]O[SiH2]O[SiH2]O[SiH2]O[SiH2]O[SiH2]O[SiH2]O[SiH3]. The van der Waals surface area contributed by atoms with Gasteiger partial charge in [0.2, 0.25) is 0 Å². The highest BCUT2D eigenvalue weighted by atomic mass is 28.4. The average Bonchev–Trinajstić information content (AvgIpc) is 2.91. The van der Waals surface area contributed by atoms with Crippen LogP contribution in [0.1, 0.15) is 122 Å². The van der Waals surface area contributed by atoms with Crippen molar-refractivity contribution in [3.05, 3.63) is 0 Å². The van der Waals surface area contributed by atoms with Gasteiger partial charge in [0, 0.05) is 0 Å². The molecule has 0 unspecified atom stereocenters. The third-order valence-electron chi connectivity index (χ3n) is 6.09. The molecule has 0 heterocycles. The van der Waals surface area contributed by atoms with E-state index in [9.17, 15) is 0 Å². The molecule has 224 valence electrons. The van der Waals surface area contributed by atoms with Crippen LogP contribution in [0.4, 0.5) is 0 Å². The van der Waals surface area contributed by atoms with Crippen LogP contribution in [0.25, 0.3) is 0 Å². The van der Waals surface area contributed by atoms with Gasteiger partial charge in [-0.3, -0.25) is 0 Å². The Balaban J connectivity index is 3.00. The Labute approximate surface area is 250 Å². The van der Waals surface area contributed by atoms with Crippen molar-refractivity contribution in [2.45, 2.75) is 129 Å². The summed E-state index contributed by atoms with van der Waals surface area (Å²) in [7, 11) is -5.62. The highest BCUT2D eigenvalue weighted by Gasteiger charge is 1.98. The first-order chi connectivity index (χ1) is 18.4. The molecule has 0 fully saturated rings. The maximum Gasteiger partial charge on any atom is 0.286 e. The van der Waals surface area contributed by atoms with Gasteiger partial charge in [-0.05, 0) is 6.04 Å². The van der Waals surface area contributed by atoms with Crippen molar-refractivity contribution in [1.82, 2.24) is 0 Å². The first kappa shape index (κ1) is 38.6. The lowest BCUT2D eigenvalue weighted by molar-refractivity contribution is 0.367. The summed E-state index contributed by atoms with van der Waals surface area (Å²) in [5, 5.41) is 0. The smallest absolute Gasteiger partial charge is 0.286 e. The fourth-order valence-corrected chi connectivity index (χ4v) is 18.8. The van der Waals surface area contributed by atoms with Gasteiger partial charge < -0.3 is 32.9 Å². The van der Waals surface area contributed by atoms with Crippen LogP contribution in [0.3, 0.4) is 0 Å². The quantitative estimate of drug-likeness (QED) is 0.0630. The van der Waals surface area contributed by atoms with Crippen LogP contribution in [-0.2, 0) is 32.9 Å². The highest BCUT2D eigenvalue weighted by Crippen LogP contribution is 2.14. The first-order valence-electron chi connectivity index (χ1n) is 14.9. The van der Waals surface area contributed by atoms with E-state index in [-0.39, 0.29) is 9.76 Å². The molecule has 0 spiro atoms. The van der Waals surface area contributed by atoms with Gasteiger partial charge in [-0.25, -0.2) is 0 Å². The second kappa shape index (κ2) is 37.6. The van der Waals surface area contributed by atoms with Gasteiger partial charge in [-0.2, -0.15) is 0 Å². The minimum Gasteiger partial charge on any atom is -0.449 e. The Morgan fingerprint density at radius 3 is 1.03 bits per heavy atom. The zero-order valence-electron chi connectivity index (χ0n) is 24.4. The molecule has 0 aliphatic rings. The molecule has 0 aliphatic carbocycles. The monoisotopic (exact) mass is 680 g/mol. The Morgan fingerprint density at radius 1 is 0.378 bits per heavy atom. The van der Waals surface area contributed by atoms with Crippen LogP contribution in [0.15, 0.2) is 0 Å².